The Kier molecular flexibility index (Phi) is 6.75. The van der Waals surface area contributed by atoms with Crippen LogP contribution in [0.15, 0.2) is 54.4 Å². The van der Waals surface area contributed by atoms with E-state index in [-0.39, 0.29) is 0 Å². The number of nitrogens with zero attached hydrogens (tertiary/aromatic N) is 7. The minimum atomic E-state index is 0.585. The minimum absolute atomic E-state index is 0.585. The molecule has 202 valence electrons. The molecule has 0 amide bonds. The molecule has 39 heavy (non-hydrogen) atoms. The maximum absolute atomic E-state index is 9.75. The number of benzene rings is 1. The molecule has 3 aliphatic heterocycles. The first-order valence-electron chi connectivity index (χ1n) is 13.5. The van der Waals surface area contributed by atoms with Gasteiger partial charge in [0, 0.05) is 74.4 Å². The van der Waals surface area contributed by atoms with Gasteiger partial charge in [-0.2, -0.15) is 5.10 Å². The van der Waals surface area contributed by atoms with Gasteiger partial charge < -0.3 is 9.64 Å². The number of hydrogen-bond acceptors (Lipinski definition) is 10. The van der Waals surface area contributed by atoms with E-state index in [4.69, 9.17) is 14.7 Å². The summed E-state index contributed by atoms with van der Waals surface area (Å²) < 4.78 is 6.79. The molecular formula is C28H32N8O2S. The van der Waals surface area contributed by atoms with E-state index in [0.717, 1.165) is 90.7 Å². The molecule has 6 heterocycles. The molecule has 0 unspecified atom stereocenters. The second kappa shape index (κ2) is 10.7. The summed E-state index contributed by atoms with van der Waals surface area (Å²) >= 11 is 1.82. The molecule has 0 bridgehead atoms. The number of allylic oxidation sites excluding steroid dienone is 2. The topological polar surface area (TPSA) is 96.9 Å². The van der Waals surface area contributed by atoms with E-state index in [1.165, 1.54) is 15.5 Å². The molecule has 4 aromatic rings. The molecule has 2 N–H and O–H groups in total. The molecule has 2 fully saturated rings. The number of thiophene rings is 1. The monoisotopic (exact) mass is 544 g/mol. The molecule has 3 aromatic heterocycles. The van der Waals surface area contributed by atoms with Crippen LogP contribution in [0.2, 0.25) is 0 Å². The molecule has 11 heteroatoms. The first kappa shape index (κ1) is 24.7. The molecule has 2 saturated heterocycles. The lowest BCUT2D eigenvalue weighted by Crippen LogP contribution is -2.46. The van der Waals surface area contributed by atoms with Crippen LogP contribution >= 0.6 is 11.3 Å². The van der Waals surface area contributed by atoms with Crippen molar-refractivity contribution in [1.82, 2.24) is 35.0 Å². The van der Waals surface area contributed by atoms with Gasteiger partial charge in [0.1, 0.15) is 0 Å². The molecular weight excluding hydrogens is 512 g/mol. The number of ether oxygens (including phenoxy) is 1. The van der Waals surface area contributed by atoms with E-state index in [0.29, 0.717) is 19.8 Å². The van der Waals surface area contributed by atoms with E-state index >= 15 is 0 Å². The van der Waals surface area contributed by atoms with E-state index in [9.17, 15) is 5.21 Å². The van der Waals surface area contributed by atoms with Crippen LogP contribution in [0.5, 0.6) is 0 Å². The maximum atomic E-state index is 9.75. The highest BCUT2D eigenvalue weighted by Gasteiger charge is 2.23. The average Bonchev–Trinajstić information content (AvgIpc) is 3.61. The molecule has 1 aromatic carbocycles. The molecule has 7 rings (SSSR count). The zero-order chi connectivity index (χ0) is 26.2. The zero-order valence-electron chi connectivity index (χ0n) is 21.8. The van der Waals surface area contributed by atoms with Gasteiger partial charge in [-0.1, -0.05) is 18.2 Å². The molecule has 3 aliphatic rings. The van der Waals surface area contributed by atoms with Crippen LogP contribution in [-0.4, -0.2) is 106 Å². The van der Waals surface area contributed by atoms with Crippen molar-refractivity contribution in [2.24, 2.45) is 0 Å². The van der Waals surface area contributed by atoms with E-state index in [1.807, 2.05) is 35.7 Å². The summed E-state index contributed by atoms with van der Waals surface area (Å²) in [4.78, 5) is 18.9. The number of aromatic nitrogens is 4. The van der Waals surface area contributed by atoms with Crippen molar-refractivity contribution >= 4 is 38.3 Å². The highest BCUT2D eigenvalue weighted by atomic mass is 32.1. The van der Waals surface area contributed by atoms with Gasteiger partial charge in [0.15, 0.2) is 11.6 Å². The predicted molar refractivity (Wildman–Crippen MR) is 153 cm³/mol. The molecule has 10 nitrogen and oxygen atoms in total. The van der Waals surface area contributed by atoms with Gasteiger partial charge >= 0.3 is 0 Å². The Morgan fingerprint density at radius 3 is 2.64 bits per heavy atom. The smallest absolute Gasteiger partial charge is 0.162 e. The summed E-state index contributed by atoms with van der Waals surface area (Å²) in [6.07, 6.45) is 7.57. The van der Waals surface area contributed by atoms with Crippen molar-refractivity contribution in [3.63, 3.8) is 0 Å². The lowest BCUT2D eigenvalue weighted by molar-refractivity contribution is -0.0343. The number of aromatic amines is 1. The third-order valence-corrected chi connectivity index (χ3v) is 8.77. The minimum Gasteiger partial charge on any atom is -0.378 e. The SMILES string of the molecule is ON1C=CC=C(CN2CCN(Cc3cc4nc(-c5cccc6[nH]ncc56)nc(N5CCOCC5)c4s3)CC2)C1. The summed E-state index contributed by atoms with van der Waals surface area (Å²) in [5.74, 6) is 1.75. The number of fused-ring (bicyclic) bond motifs is 2. The second-order valence-electron chi connectivity index (χ2n) is 10.4. The molecule has 0 atom stereocenters. The molecule has 0 aliphatic carbocycles. The highest BCUT2D eigenvalue weighted by Crippen LogP contribution is 2.36. The fraction of sp³-hybridized carbons (Fsp3) is 0.393. The van der Waals surface area contributed by atoms with E-state index < -0.39 is 0 Å². The van der Waals surface area contributed by atoms with Crippen molar-refractivity contribution in [3.05, 3.63) is 59.3 Å². The highest BCUT2D eigenvalue weighted by molar-refractivity contribution is 7.19. The number of piperazine rings is 1. The Hall–Kier alpha value is -3.35. The maximum Gasteiger partial charge on any atom is 0.162 e. The van der Waals surface area contributed by atoms with Crippen molar-refractivity contribution in [1.29, 1.82) is 0 Å². The number of hydroxylamine groups is 2. The van der Waals surface area contributed by atoms with Gasteiger partial charge in [-0.25, -0.2) is 9.97 Å². The predicted octanol–water partition coefficient (Wildman–Crippen LogP) is 3.33. The number of morpholine rings is 1. The van der Waals surface area contributed by atoms with E-state index in [2.05, 4.69) is 43.1 Å². The first-order chi connectivity index (χ1) is 19.2. The average molecular weight is 545 g/mol. The summed E-state index contributed by atoms with van der Waals surface area (Å²) in [5.41, 5.74) is 4.23. The molecule has 0 radical (unpaired) electrons. The van der Waals surface area contributed by atoms with Crippen molar-refractivity contribution < 1.29 is 9.94 Å². The van der Waals surface area contributed by atoms with Crippen molar-refractivity contribution in [3.8, 4) is 11.4 Å². The van der Waals surface area contributed by atoms with Gasteiger partial charge in [0.05, 0.1) is 41.7 Å². The van der Waals surface area contributed by atoms with Crippen LogP contribution in [0.25, 0.3) is 32.5 Å². The Balaban J connectivity index is 1.13. The van der Waals surface area contributed by atoms with Crippen LogP contribution in [0.3, 0.4) is 0 Å². The van der Waals surface area contributed by atoms with Crippen LogP contribution in [0.1, 0.15) is 4.88 Å². The third kappa shape index (κ3) is 5.15. The lowest BCUT2D eigenvalue weighted by atomic mass is 10.1. The van der Waals surface area contributed by atoms with Crippen LogP contribution in [0, 0.1) is 0 Å². The number of rotatable bonds is 6. The Morgan fingerprint density at radius 2 is 1.82 bits per heavy atom. The van der Waals surface area contributed by atoms with Gasteiger partial charge in [0.25, 0.3) is 0 Å². The van der Waals surface area contributed by atoms with Crippen molar-refractivity contribution in [2.75, 3.05) is 70.5 Å². The fourth-order valence-electron chi connectivity index (χ4n) is 5.62. The Labute approximate surface area is 230 Å². The van der Waals surface area contributed by atoms with E-state index in [1.54, 1.807) is 6.20 Å². The number of H-pyrrole nitrogens is 1. The summed E-state index contributed by atoms with van der Waals surface area (Å²) in [6, 6.07) is 8.39. The number of anilines is 1. The van der Waals surface area contributed by atoms with Gasteiger partial charge in [-0.15, -0.1) is 11.3 Å². The van der Waals surface area contributed by atoms with Gasteiger partial charge in [-0.05, 0) is 23.8 Å². The Bertz CT molecular complexity index is 1530. The normalized spacial score (nSPS) is 19.4. The molecule has 0 spiro atoms. The van der Waals surface area contributed by atoms with Gasteiger partial charge in [-0.3, -0.25) is 25.2 Å². The van der Waals surface area contributed by atoms with Crippen LogP contribution in [-0.2, 0) is 11.3 Å². The zero-order valence-corrected chi connectivity index (χ0v) is 22.6. The Morgan fingerprint density at radius 1 is 1.00 bits per heavy atom. The second-order valence-corrected chi connectivity index (χ2v) is 11.5. The third-order valence-electron chi connectivity index (χ3n) is 7.67. The lowest BCUT2D eigenvalue weighted by Gasteiger charge is -2.35. The number of hydrogen-bond donors (Lipinski definition) is 2. The largest absolute Gasteiger partial charge is 0.378 e. The van der Waals surface area contributed by atoms with Crippen LogP contribution < -0.4 is 4.90 Å². The van der Waals surface area contributed by atoms with Gasteiger partial charge in [0.2, 0.25) is 0 Å². The summed E-state index contributed by atoms with van der Waals surface area (Å²) in [5, 5.41) is 19.3. The van der Waals surface area contributed by atoms with Crippen LogP contribution in [0.4, 0.5) is 5.82 Å². The standard InChI is InChI=1S/C28H32N8O2S/c37-36-6-2-3-20(18-36)17-33-7-9-34(10-8-33)19-21-15-25-26(39-21)28(35-11-13-38-14-12-35)31-27(30-25)22-4-1-5-24-23(22)16-29-32-24/h1-6,15-16,37H,7-14,17-19H2,(H,29,32). The van der Waals surface area contributed by atoms with Crippen molar-refractivity contribution in [2.45, 2.75) is 6.54 Å². The molecule has 0 saturated carbocycles. The summed E-state index contributed by atoms with van der Waals surface area (Å²) in [6.45, 7) is 9.59. The first-order valence-corrected chi connectivity index (χ1v) is 14.3. The summed E-state index contributed by atoms with van der Waals surface area (Å²) in [7, 11) is 0. The quantitative estimate of drug-likeness (QED) is 0.379. The fourth-order valence-corrected chi connectivity index (χ4v) is 6.78. The number of nitrogens with one attached hydrogen (secondary N) is 1.